The van der Waals surface area contributed by atoms with Crippen molar-refractivity contribution in [3.05, 3.63) is 54.0 Å². The molecule has 0 saturated heterocycles. The highest BCUT2D eigenvalue weighted by atomic mass is 32.2. The van der Waals surface area contributed by atoms with Gasteiger partial charge in [0, 0.05) is 18.1 Å². The number of fused-ring (bicyclic) bond motifs is 1. The van der Waals surface area contributed by atoms with E-state index in [1.54, 1.807) is 24.3 Å². The number of hydrogen-bond acceptors (Lipinski definition) is 4. The molecule has 0 atom stereocenters. The predicted molar refractivity (Wildman–Crippen MR) is 85.6 cm³/mol. The molecule has 3 aromatic rings. The fraction of sp³-hybridized carbons (Fsp3) is 0.200. The standard InChI is InChI=1S/C15H13F3N4O2S/c1-25(23,24)20-8-10-2-4-11(5-3-10)22-13-9-19-7-6-12(13)14(21-22)15(16,17)18/h2-7,9,20H,8H2,1H3. The number of sulfonamides is 1. The average molecular weight is 370 g/mol. The van der Waals surface area contributed by atoms with Crippen molar-refractivity contribution in [2.45, 2.75) is 12.7 Å². The highest BCUT2D eigenvalue weighted by Crippen LogP contribution is 2.34. The van der Waals surface area contributed by atoms with Crippen molar-refractivity contribution in [2.24, 2.45) is 0 Å². The maximum atomic E-state index is 13.2. The summed E-state index contributed by atoms with van der Waals surface area (Å²) in [6.07, 6.45) is -0.937. The van der Waals surface area contributed by atoms with Crippen LogP contribution in [0.2, 0.25) is 0 Å². The van der Waals surface area contributed by atoms with Gasteiger partial charge in [-0.15, -0.1) is 0 Å². The van der Waals surface area contributed by atoms with Gasteiger partial charge in [-0.1, -0.05) is 12.1 Å². The minimum absolute atomic E-state index is 0.0367. The number of alkyl halides is 3. The van der Waals surface area contributed by atoms with Gasteiger partial charge in [-0.2, -0.15) is 18.3 Å². The molecule has 6 nitrogen and oxygen atoms in total. The Bertz CT molecular complexity index is 1010. The molecule has 1 aromatic carbocycles. The summed E-state index contributed by atoms with van der Waals surface area (Å²) in [6, 6.07) is 7.64. The maximum absolute atomic E-state index is 13.2. The number of hydrogen-bond donors (Lipinski definition) is 1. The highest BCUT2D eigenvalue weighted by Gasteiger charge is 2.37. The first kappa shape index (κ1) is 17.4. The Balaban J connectivity index is 2.00. The van der Waals surface area contributed by atoms with E-state index in [2.05, 4.69) is 14.8 Å². The summed E-state index contributed by atoms with van der Waals surface area (Å²) in [7, 11) is -3.33. The molecule has 0 amide bonds. The largest absolute Gasteiger partial charge is 0.435 e. The van der Waals surface area contributed by atoms with Gasteiger partial charge in [0.25, 0.3) is 0 Å². The zero-order valence-corrected chi connectivity index (χ0v) is 13.8. The lowest BCUT2D eigenvalue weighted by Crippen LogP contribution is -2.21. The average Bonchev–Trinajstić information content (AvgIpc) is 2.93. The molecule has 25 heavy (non-hydrogen) atoms. The normalized spacial score (nSPS) is 12.6. The quantitative estimate of drug-likeness (QED) is 0.766. The predicted octanol–water partition coefficient (Wildman–Crippen LogP) is 2.49. The van der Waals surface area contributed by atoms with Crippen LogP contribution in [0.15, 0.2) is 42.7 Å². The van der Waals surface area contributed by atoms with E-state index in [1.165, 1.54) is 23.1 Å². The van der Waals surface area contributed by atoms with E-state index in [-0.39, 0.29) is 17.4 Å². The summed E-state index contributed by atoms with van der Waals surface area (Å²) < 4.78 is 65.2. The summed E-state index contributed by atoms with van der Waals surface area (Å²) in [5, 5.41) is 3.65. The molecule has 0 unspecified atom stereocenters. The van der Waals surface area contributed by atoms with Crippen molar-refractivity contribution >= 4 is 20.9 Å². The molecule has 1 N–H and O–H groups in total. The molecule has 0 aliphatic heterocycles. The molecule has 0 bridgehead atoms. The van der Waals surface area contributed by atoms with E-state index >= 15 is 0 Å². The van der Waals surface area contributed by atoms with Gasteiger partial charge >= 0.3 is 6.18 Å². The van der Waals surface area contributed by atoms with Crippen molar-refractivity contribution in [3.8, 4) is 5.69 Å². The molecule has 132 valence electrons. The fourth-order valence-electron chi connectivity index (χ4n) is 2.34. The van der Waals surface area contributed by atoms with Gasteiger partial charge in [-0.25, -0.2) is 17.8 Å². The van der Waals surface area contributed by atoms with Crippen LogP contribution in [0.4, 0.5) is 13.2 Å². The lowest BCUT2D eigenvalue weighted by atomic mass is 10.2. The van der Waals surface area contributed by atoms with Gasteiger partial charge in [0.05, 0.1) is 23.7 Å². The number of aromatic nitrogens is 3. The Kier molecular flexibility index (Phi) is 4.25. The van der Waals surface area contributed by atoms with Gasteiger partial charge in [-0.05, 0) is 23.8 Å². The molecule has 2 heterocycles. The van der Waals surface area contributed by atoms with Crippen molar-refractivity contribution in [2.75, 3.05) is 6.26 Å². The fourth-order valence-corrected chi connectivity index (χ4v) is 2.77. The van der Waals surface area contributed by atoms with Crippen molar-refractivity contribution in [1.82, 2.24) is 19.5 Å². The topological polar surface area (TPSA) is 76.9 Å². The number of nitrogens with one attached hydrogen (secondary N) is 1. The molecule has 0 fully saturated rings. The summed E-state index contributed by atoms with van der Waals surface area (Å²) in [6.45, 7) is 0.0916. The minimum atomic E-state index is -4.58. The number of halogens is 3. The van der Waals surface area contributed by atoms with Gasteiger partial charge in [-0.3, -0.25) is 4.98 Å². The van der Waals surface area contributed by atoms with Crippen molar-refractivity contribution in [1.29, 1.82) is 0 Å². The van der Waals surface area contributed by atoms with Gasteiger partial charge < -0.3 is 0 Å². The first-order chi connectivity index (χ1) is 11.6. The van der Waals surface area contributed by atoms with Crippen LogP contribution in [-0.4, -0.2) is 29.4 Å². The molecule has 2 aromatic heterocycles. The third kappa shape index (κ3) is 3.80. The number of rotatable bonds is 4. The third-order valence-electron chi connectivity index (χ3n) is 3.47. The van der Waals surface area contributed by atoms with Crippen LogP contribution in [0.25, 0.3) is 16.6 Å². The molecule has 0 radical (unpaired) electrons. The Morgan fingerprint density at radius 1 is 1.16 bits per heavy atom. The highest BCUT2D eigenvalue weighted by molar-refractivity contribution is 7.88. The molecule has 0 aliphatic carbocycles. The first-order valence-corrected chi connectivity index (χ1v) is 8.98. The van der Waals surface area contributed by atoms with Crippen LogP contribution < -0.4 is 4.72 Å². The molecule has 0 saturated carbocycles. The van der Waals surface area contributed by atoms with Crippen molar-refractivity contribution < 1.29 is 21.6 Å². The summed E-state index contributed by atoms with van der Waals surface area (Å²) in [4.78, 5) is 3.86. The second-order valence-corrected chi connectivity index (χ2v) is 7.24. The number of pyridine rings is 1. The molecule has 10 heteroatoms. The van der Waals surface area contributed by atoms with Crippen LogP contribution in [0, 0.1) is 0 Å². The Morgan fingerprint density at radius 2 is 1.84 bits per heavy atom. The molecule has 0 spiro atoms. The smallest absolute Gasteiger partial charge is 0.262 e. The lowest BCUT2D eigenvalue weighted by Gasteiger charge is -2.06. The first-order valence-electron chi connectivity index (χ1n) is 7.09. The van der Waals surface area contributed by atoms with E-state index in [9.17, 15) is 21.6 Å². The van der Waals surface area contributed by atoms with E-state index in [0.717, 1.165) is 6.26 Å². The molecule has 0 aliphatic rings. The Hall–Kier alpha value is -2.46. The second kappa shape index (κ2) is 6.12. The minimum Gasteiger partial charge on any atom is -0.262 e. The van der Waals surface area contributed by atoms with E-state index in [4.69, 9.17) is 0 Å². The SMILES string of the molecule is CS(=O)(=O)NCc1ccc(-n2nc(C(F)(F)F)c3ccncc32)cc1. The van der Waals surface area contributed by atoms with E-state index < -0.39 is 21.9 Å². The zero-order chi connectivity index (χ0) is 18.2. The van der Waals surface area contributed by atoms with Gasteiger partial charge in [0.2, 0.25) is 10.0 Å². The lowest BCUT2D eigenvalue weighted by molar-refractivity contribution is -0.140. The number of benzene rings is 1. The summed E-state index contributed by atoms with van der Waals surface area (Å²) in [5.74, 6) is 0. The Labute approximate surface area is 141 Å². The van der Waals surface area contributed by atoms with E-state index in [0.29, 0.717) is 11.3 Å². The van der Waals surface area contributed by atoms with Crippen LogP contribution in [0.5, 0.6) is 0 Å². The maximum Gasteiger partial charge on any atom is 0.435 e. The van der Waals surface area contributed by atoms with Crippen LogP contribution >= 0.6 is 0 Å². The molecule has 3 rings (SSSR count). The van der Waals surface area contributed by atoms with Crippen LogP contribution in [0.1, 0.15) is 11.3 Å². The van der Waals surface area contributed by atoms with E-state index in [1.807, 2.05) is 0 Å². The summed E-state index contributed by atoms with van der Waals surface area (Å²) >= 11 is 0. The monoisotopic (exact) mass is 370 g/mol. The Morgan fingerprint density at radius 3 is 2.44 bits per heavy atom. The third-order valence-corrected chi connectivity index (χ3v) is 4.14. The van der Waals surface area contributed by atoms with Crippen LogP contribution in [-0.2, 0) is 22.7 Å². The molecular formula is C15H13F3N4O2S. The van der Waals surface area contributed by atoms with Gasteiger partial charge in [0.15, 0.2) is 5.69 Å². The van der Waals surface area contributed by atoms with Gasteiger partial charge in [0.1, 0.15) is 0 Å². The molecular weight excluding hydrogens is 357 g/mol. The summed E-state index contributed by atoms with van der Waals surface area (Å²) in [5.41, 5.74) is 0.334. The van der Waals surface area contributed by atoms with Crippen LogP contribution in [0.3, 0.4) is 0 Å². The number of nitrogens with zero attached hydrogens (tertiary/aromatic N) is 3. The zero-order valence-electron chi connectivity index (χ0n) is 12.9. The van der Waals surface area contributed by atoms with Crippen molar-refractivity contribution in [3.63, 3.8) is 0 Å². The second-order valence-electron chi connectivity index (χ2n) is 5.41.